The van der Waals surface area contributed by atoms with Gasteiger partial charge in [-0.15, -0.1) is 0 Å². The summed E-state index contributed by atoms with van der Waals surface area (Å²) >= 11 is 3.37. The van der Waals surface area contributed by atoms with Gasteiger partial charge < -0.3 is 10.8 Å². The molecular formula is C13H20BrNO. The van der Waals surface area contributed by atoms with Gasteiger partial charge in [0.15, 0.2) is 0 Å². The number of rotatable bonds is 3. The Kier molecular flexibility index (Phi) is 4.53. The summed E-state index contributed by atoms with van der Waals surface area (Å²) in [5.41, 5.74) is 6.99. The van der Waals surface area contributed by atoms with Crippen LogP contribution in [0, 0.1) is 5.41 Å². The fourth-order valence-electron chi connectivity index (χ4n) is 1.42. The molecule has 0 aliphatic carbocycles. The molecule has 0 saturated carbocycles. The maximum absolute atomic E-state index is 10.0. The fraction of sp³-hybridized carbons (Fsp3) is 0.538. The average molecular weight is 286 g/mol. The Labute approximate surface area is 106 Å². The van der Waals surface area contributed by atoms with Gasteiger partial charge in [0.25, 0.3) is 0 Å². The second kappa shape index (κ2) is 5.30. The van der Waals surface area contributed by atoms with Crippen LogP contribution in [-0.2, 0) is 0 Å². The molecule has 0 saturated heterocycles. The maximum atomic E-state index is 10.0. The molecule has 2 atom stereocenters. The molecule has 0 bridgehead atoms. The summed E-state index contributed by atoms with van der Waals surface area (Å²) in [5, 5.41) is 10.0. The highest BCUT2D eigenvalue weighted by Gasteiger charge is 2.23. The Morgan fingerprint density at radius 3 is 2.19 bits per heavy atom. The molecule has 3 N–H and O–H groups in total. The van der Waals surface area contributed by atoms with Gasteiger partial charge in [-0.2, -0.15) is 0 Å². The van der Waals surface area contributed by atoms with Crippen molar-refractivity contribution in [2.75, 3.05) is 0 Å². The van der Waals surface area contributed by atoms with Crippen LogP contribution in [0.25, 0.3) is 0 Å². The molecule has 0 unspecified atom stereocenters. The molecule has 0 heterocycles. The third-order valence-corrected chi connectivity index (χ3v) is 3.37. The van der Waals surface area contributed by atoms with Gasteiger partial charge in [0.2, 0.25) is 0 Å². The van der Waals surface area contributed by atoms with Crippen LogP contribution in [0.4, 0.5) is 0 Å². The van der Waals surface area contributed by atoms with Crippen molar-refractivity contribution in [3.8, 4) is 0 Å². The van der Waals surface area contributed by atoms with Crippen LogP contribution < -0.4 is 5.73 Å². The van der Waals surface area contributed by atoms with Crippen LogP contribution in [0.2, 0.25) is 0 Å². The lowest BCUT2D eigenvalue weighted by Gasteiger charge is -2.29. The van der Waals surface area contributed by atoms with Gasteiger partial charge in [0.1, 0.15) is 0 Å². The molecule has 0 aliphatic heterocycles. The van der Waals surface area contributed by atoms with Crippen molar-refractivity contribution in [2.24, 2.45) is 11.1 Å². The van der Waals surface area contributed by atoms with Crippen molar-refractivity contribution in [1.82, 2.24) is 0 Å². The van der Waals surface area contributed by atoms with Crippen molar-refractivity contribution in [3.05, 3.63) is 34.3 Å². The predicted octanol–water partition coefficient (Wildman–Crippen LogP) is 3.25. The van der Waals surface area contributed by atoms with Crippen LogP contribution in [0.1, 0.15) is 38.9 Å². The van der Waals surface area contributed by atoms with E-state index in [4.69, 9.17) is 5.73 Å². The zero-order chi connectivity index (χ0) is 12.3. The van der Waals surface area contributed by atoms with Gasteiger partial charge in [-0.05, 0) is 29.5 Å². The van der Waals surface area contributed by atoms with E-state index < -0.39 is 6.10 Å². The number of hydrogen-bond donors (Lipinski definition) is 2. The minimum absolute atomic E-state index is 0.00820. The molecule has 0 fully saturated rings. The number of benzene rings is 1. The Morgan fingerprint density at radius 2 is 1.75 bits per heavy atom. The van der Waals surface area contributed by atoms with Crippen LogP contribution >= 0.6 is 15.9 Å². The summed E-state index contributed by atoms with van der Waals surface area (Å²) in [6, 6.07) is 7.70. The number of aliphatic hydroxyl groups excluding tert-OH is 1. The molecule has 1 aromatic carbocycles. The number of halogens is 1. The standard InChI is InChI=1S/C13H20BrNO/c1-13(2,3)12(15)8-11(16)9-4-6-10(14)7-5-9/h4-7,11-12,16H,8,15H2,1-3H3/t11-,12-/m1/s1. The van der Waals surface area contributed by atoms with E-state index in [1.54, 1.807) is 0 Å². The molecule has 0 amide bonds. The predicted molar refractivity (Wildman–Crippen MR) is 71.1 cm³/mol. The molecule has 2 nitrogen and oxygen atoms in total. The van der Waals surface area contributed by atoms with Crippen LogP contribution in [0.3, 0.4) is 0 Å². The highest BCUT2D eigenvalue weighted by atomic mass is 79.9. The topological polar surface area (TPSA) is 46.2 Å². The van der Waals surface area contributed by atoms with Gasteiger partial charge in [-0.3, -0.25) is 0 Å². The number of hydrogen-bond acceptors (Lipinski definition) is 2. The van der Waals surface area contributed by atoms with Gasteiger partial charge in [-0.1, -0.05) is 48.8 Å². The van der Waals surface area contributed by atoms with Gasteiger partial charge in [0.05, 0.1) is 6.10 Å². The molecule has 0 aromatic heterocycles. The normalized spacial score (nSPS) is 15.9. The smallest absolute Gasteiger partial charge is 0.0805 e. The Bertz CT molecular complexity index is 329. The summed E-state index contributed by atoms with van der Waals surface area (Å²) in [4.78, 5) is 0. The molecule has 0 radical (unpaired) electrons. The van der Waals surface area contributed by atoms with E-state index in [2.05, 4.69) is 36.7 Å². The van der Waals surface area contributed by atoms with Crippen molar-refractivity contribution in [3.63, 3.8) is 0 Å². The summed E-state index contributed by atoms with van der Waals surface area (Å²) in [5.74, 6) is 0. The lowest BCUT2D eigenvalue weighted by molar-refractivity contribution is 0.133. The second-order valence-corrected chi connectivity index (χ2v) is 6.19. The van der Waals surface area contributed by atoms with E-state index in [-0.39, 0.29) is 11.5 Å². The zero-order valence-electron chi connectivity index (χ0n) is 10.1. The van der Waals surface area contributed by atoms with E-state index in [9.17, 15) is 5.11 Å². The third-order valence-electron chi connectivity index (χ3n) is 2.84. The van der Waals surface area contributed by atoms with Gasteiger partial charge >= 0.3 is 0 Å². The first-order valence-corrected chi connectivity index (χ1v) is 6.29. The summed E-state index contributed by atoms with van der Waals surface area (Å²) in [6.45, 7) is 6.27. The molecule has 16 heavy (non-hydrogen) atoms. The van der Waals surface area contributed by atoms with Crippen molar-refractivity contribution in [2.45, 2.75) is 39.3 Å². The van der Waals surface area contributed by atoms with Crippen molar-refractivity contribution in [1.29, 1.82) is 0 Å². The van der Waals surface area contributed by atoms with E-state index in [1.807, 2.05) is 24.3 Å². The third kappa shape index (κ3) is 3.89. The Hall–Kier alpha value is -0.380. The maximum Gasteiger partial charge on any atom is 0.0805 e. The average Bonchev–Trinajstić information content (AvgIpc) is 2.17. The van der Waals surface area contributed by atoms with Gasteiger partial charge in [0, 0.05) is 10.5 Å². The summed E-state index contributed by atoms with van der Waals surface area (Å²) < 4.78 is 1.02. The molecule has 0 aliphatic rings. The number of nitrogens with two attached hydrogens (primary N) is 1. The van der Waals surface area contributed by atoms with E-state index in [0.29, 0.717) is 6.42 Å². The van der Waals surface area contributed by atoms with E-state index >= 15 is 0 Å². The van der Waals surface area contributed by atoms with Crippen LogP contribution in [0.5, 0.6) is 0 Å². The van der Waals surface area contributed by atoms with Crippen LogP contribution in [0.15, 0.2) is 28.7 Å². The first-order chi connectivity index (χ1) is 7.30. The zero-order valence-corrected chi connectivity index (χ0v) is 11.7. The molecule has 0 spiro atoms. The Morgan fingerprint density at radius 1 is 1.25 bits per heavy atom. The summed E-state index contributed by atoms with van der Waals surface area (Å²) in [7, 11) is 0. The SMILES string of the molecule is CC(C)(C)[C@H](N)C[C@@H](O)c1ccc(Br)cc1. The molecular weight excluding hydrogens is 266 g/mol. The largest absolute Gasteiger partial charge is 0.388 e. The fourth-order valence-corrected chi connectivity index (χ4v) is 1.68. The lowest BCUT2D eigenvalue weighted by atomic mass is 9.83. The molecule has 90 valence electrons. The first-order valence-electron chi connectivity index (χ1n) is 5.50. The lowest BCUT2D eigenvalue weighted by Crippen LogP contribution is -2.36. The monoisotopic (exact) mass is 285 g/mol. The first kappa shape index (κ1) is 13.7. The van der Waals surface area contributed by atoms with Crippen LogP contribution in [-0.4, -0.2) is 11.1 Å². The molecule has 3 heteroatoms. The van der Waals surface area contributed by atoms with Gasteiger partial charge in [-0.25, -0.2) is 0 Å². The molecule has 1 rings (SSSR count). The number of aliphatic hydroxyl groups is 1. The van der Waals surface area contributed by atoms with Crippen molar-refractivity contribution < 1.29 is 5.11 Å². The highest BCUT2D eigenvalue weighted by Crippen LogP contribution is 2.27. The Balaban J connectivity index is 2.65. The van der Waals surface area contributed by atoms with E-state index in [0.717, 1.165) is 10.0 Å². The molecule has 1 aromatic rings. The van der Waals surface area contributed by atoms with E-state index in [1.165, 1.54) is 0 Å². The second-order valence-electron chi connectivity index (χ2n) is 5.28. The van der Waals surface area contributed by atoms with Crippen molar-refractivity contribution >= 4 is 15.9 Å². The summed E-state index contributed by atoms with van der Waals surface area (Å²) in [6.07, 6.45) is 0.104. The minimum atomic E-state index is -0.484. The highest BCUT2D eigenvalue weighted by molar-refractivity contribution is 9.10. The minimum Gasteiger partial charge on any atom is -0.388 e. The quantitative estimate of drug-likeness (QED) is 0.896.